The van der Waals surface area contributed by atoms with Crippen molar-refractivity contribution in [2.45, 2.75) is 13.8 Å². The van der Waals surface area contributed by atoms with Gasteiger partial charge >= 0.3 is 0 Å². The van der Waals surface area contributed by atoms with Crippen molar-refractivity contribution in [2.24, 2.45) is 0 Å². The van der Waals surface area contributed by atoms with Gasteiger partial charge in [-0.2, -0.15) is 0 Å². The Balaban J connectivity index is 0.00000144. The average Bonchev–Trinajstić information content (AvgIpc) is 2.20. The van der Waals surface area contributed by atoms with Crippen LogP contribution in [0.4, 0.5) is 17.3 Å². The number of halogens is 1. The first-order valence-electron chi connectivity index (χ1n) is 5.08. The van der Waals surface area contributed by atoms with E-state index in [9.17, 15) is 0 Å². The molecule has 0 amide bonds. The van der Waals surface area contributed by atoms with Gasteiger partial charge in [-0.25, -0.2) is 9.97 Å². The van der Waals surface area contributed by atoms with Gasteiger partial charge in [-0.05, 0) is 44.2 Å². The summed E-state index contributed by atoms with van der Waals surface area (Å²) in [5, 5.41) is 3.14. The highest BCUT2D eigenvalue weighted by atomic mass is 35.5. The minimum atomic E-state index is 0. The molecule has 0 spiro atoms. The molecule has 5 heteroatoms. The smallest absolute Gasteiger partial charge is 0.227 e. The van der Waals surface area contributed by atoms with E-state index >= 15 is 0 Å². The quantitative estimate of drug-likeness (QED) is 0.805. The van der Waals surface area contributed by atoms with Gasteiger partial charge in [0.2, 0.25) is 5.95 Å². The van der Waals surface area contributed by atoms with E-state index in [1.807, 2.05) is 44.2 Å². The molecule has 1 aromatic carbocycles. The number of aryl methyl sites for hydroxylation is 2. The molecule has 0 fully saturated rings. The van der Waals surface area contributed by atoms with Crippen LogP contribution in [-0.2, 0) is 0 Å². The molecule has 0 radical (unpaired) electrons. The second kappa shape index (κ2) is 5.50. The maximum Gasteiger partial charge on any atom is 0.227 e. The first-order chi connectivity index (χ1) is 7.63. The van der Waals surface area contributed by atoms with E-state index in [0.29, 0.717) is 5.95 Å². The van der Waals surface area contributed by atoms with Crippen molar-refractivity contribution >= 4 is 29.7 Å². The second-order valence-electron chi connectivity index (χ2n) is 3.72. The first-order valence-corrected chi connectivity index (χ1v) is 5.08. The molecule has 17 heavy (non-hydrogen) atoms. The number of hydrogen-bond acceptors (Lipinski definition) is 4. The average molecular weight is 251 g/mol. The molecule has 0 unspecified atom stereocenters. The van der Waals surface area contributed by atoms with Gasteiger partial charge in [0.25, 0.3) is 0 Å². The van der Waals surface area contributed by atoms with Crippen molar-refractivity contribution in [3.05, 3.63) is 41.7 Å². The van der Waals surface area contributed by atoms with Crippen LogP contribution in [0.2, 0.25) is 0 Å². The summed E-state index contributed by atoms with van der Waals surface area (Å²) >= 11 is 0. The van der Waals surface area contributed by atoms with Crippen molar-refractivity contribution in [3.63, 3.8) is 0 Å². The lowest BCUT2D eigenvalue weighted by atomic mass is 10.3. The fraction of sp³-hybridized carbons (Fsp3) is 0.167. The lowest BCUT2D eigenvalue weighted by molar-refractivity contribution is 1.06. The van der Waals surface area contributed by atoms with E-state index in [1.165, 1.54) is 0 Å². The molecule has 2 aromatic rings. The number of hydrogen-bond donors (Lipinski definition) is 2. The molecule has 0 atom stereocenters. The maximum absolute atomic E-state index is 5.61. The van der Waals surface area contributed by atoms with Gasteiger partial charge in [0.05, 0.1) is 0 Å². The van der Waals surface area contributed by atoms with Crippen molar-refractivity contribution in [1.29, 1.82) is 0 Å². The second-order valence-corrected chi connectivity index (χ2v) is 3.72. The van der Waals surface area contributed by atoms with Crippen molar-refractivity contribution in [2.75, 3.05) is 11.1 Å². The van der Waals surface area contributed by atoms with Gasteiger partial charge in [0, 0.05) is 22.8 Å². The molecule has 0 saturated heterocycles. The standard InChI is InChI=1S/C12H14N4.ClH/c1-8-7-9(2)15-12(14-8)16-11-5-3-10(13)4-6-11;/h3-7H,13H2,1-2H3,(H,14,15,16);1H. The molecular formula is C12H15ClN4. The summed E-state index contributed by atoms with van der Waals surface area (Å²) in [5.74, 6) is 0.613. The van der Waals surface area contributed by atoms with Crippen LogP contribution in [0.1, 0.15) is 11.4 Å². The summed E-state index contributed by atoms with van der Waals surface area (Å²) in [7, 11) is 0. The Morgan fingerprint density at radius 3 is 2.06 bits per heavy atom. The number of nitrogens with one attached hydrogen (secondary N) is 1. The zero-order valence-electron chi connectivity index (χ0n) is 9.77. The maximum atomic E-state index is 5.61. The zero-order chi connectivity index (χ0) is 11.5. The molecule has 0 aliphatic rings. The molecule has 3 N–H and O–H groups in total. The van der Waals surface area contributed by atoms with Gasteiger partial charge in [0.15, 0.2) is 0 Å². The Hall–Kier alpha value is -1.81. The predicted molar refractivity (Wildman–Crippen MR) is 72.9 cm³/mol. The highest BCUT2D eigenvalue weighted by Gasteiger charge is 1.99. The van der Waals surface area contributed by atoms with E-state index in [1.54, 1.807) is 0 Å². The normalized spacial score (nSPS) is 9.53. The van der Waals surface area contributed by atoms with E-state index in [-0.39, 0.29) is 12.4 Å². The van der Waals surface area contributed by atoms with Crippen LogP contribution in [0.5, 0.6) is 0 Å². The van der Waals surface area contributed by atoms with E-state index in [2.05, 4.69) is 15.3 Å². The third kappa shape index (κ3) is 3.60. The number of aromatic nitrogens is 2. The summed E-state index contributed by atoms with van der Waals surface area (Å²) < 4.78 is 0. The topological polar surface area (TPSA) is 63.8 Å². The summed E-state index contributed by atoms with van der Waals surface area (Å²) in [6, 6.07) is 9.41. The van der Waals surface area contributed by atoms with Crippen LogP contribution >= 0.6 is 12.4 Å². The number of benzene rings is 1. The monoisotopic (exact) mass is 250 g/mol. The number of rotatable bonds is 2. The summed E-state index contributed by atoms with van der Waals surface area (Å²) in [6.45, 7) is 3.89. The van der Waals surface area contributed by atoms with E-state index < -0.39 is 0 Å². The van der Waals surface area contributed by atoms with Crippen molar-refractivity contribution in [3.8, 4) is 0 Å². The summed E-state index contributed by atoms with van der Waals surface area (Å²) in [6.07, 6.45) is 0. The molecule has 0 bridgehead atoms. The minimum absolute atomic E-state index is 0. The zero-order valence-corrected chi connectivity index (χ0v) is 10.6. The predicted octanol–water partition coefficient (Wildman–Crippen LogP) is 2.84. The molecule has 90 valence electrons. The number of nitrogens with zero attached hydrogens (tertiary/aromatic N) is 2. The fourth-order valence-corrected chi connectivity index (χ4v) is 1.48. The largest absolute Gasteiger partial charge is 0.399 e. The molecule has 4 nitrogen and oxygen atoms in total. The molecule has 0 aliphatic carbocycles. The lowest BCUT2D eigenvalue weighted by Crippen LogP contribution is -1.99. The van der Waals surface area contributed by atoms with Crippen LogP contribution in [0, 0.1) is 13.8 Å². The third-order valence-electron chi connectivity index (χ3n) is 2.15. The fourth-order valence-electron chi connectivity index (χ4n) is 1.48. The Kier molecular flexibility index (Phi) is 4.29. The Bertz CT molecular complexity index is 476. The number of nitrogen functional groups attached to an aromatic ring is 1. The van der Waals surface area contributed by atoms with Crippen LogP contribution < -0.4 is 11.1 Å². The Labute approximate surface area is 107 Å². The first kappa shape index (κ1) is 13.3. The van der Waals surface area contributed by atoms with Gasteiger partial charge in [0.1, 0.15) is 0 Å². The Morgan fingerprint density at radius 1 is 1.00 bits per heavy atom. The minimum Gasteiger partial charge on any atom is -0.399 e. The summed E-state index contributed by atoms with van der Waals surface area (Å²) in [4.78, 5) is 8.60. The van der Waals surface area contributed by atoms with Crippen LogP contribution in [0.25, 0.3) is 0 Å². The number of anilines is 3. The van der Waals surface area contributed by atoms with Crippen LogP contribution in [0.3, 0.4) is 0 Å². The van der Waals surface area contributed by atoms with Crippen molar-refractivity contribution < 1.29 is 0 Å². The highest BCUT2D eigenvalue weighted by Crippen LogP contribution is 2.15. The molecular weight excluding hydrogens is 236 g/mol. The third-order valence-corrected chi connectivity index (χ3v) is 2.15. The highest BCUT2D eigenvalue weighted by molar-refractivity contribution is 5.85. The molecule has 2 rings (SSSR count). The van der Waals surface area contributed by atoms with E-state index in [0.717, 1.165) is 22.8 Å². The molecule has 0 aliphatic heterocycles. The van der Waals surface area contributed by atoms with Gasteiger partial charge in [-0.3, -0.25) is 0 Å². The Morgan fingerprint density at radius 2 is 1.53 bits per heavy atom. The molecule has 1 heterocycles. The van der Waals surface area contributed by atoms with Crippen molar-refractivity contribution in [1.82, 2.24) is 9.97 Å². The van der Waals surface area contributed by atoms with Gasteiger partial charge in [-0.15, -0.1) is 12.4 Å². The molecule has 1 aromatic heterocycles. The van der Waals surface area contributed by atoms with Crippen LogP contribution in [-0.4, -0.2) is 9.97 Å². The van der Waals surface area contributed by atoms with Gasteiger partial charge in [-0.1, -0.05) is 0 Å². The lowest BCUT2D eigenvalue weighted by Gasteiger charge is -2.06. The SMILES string of the molecule is Cc1cc(C)nc(Nc2ccc(N)cc2)n1.Cl. The van der Waals surface area contributed by atoms with Crippen LogP contribution in [0.15, 0.2) is 30.3 Å². The van der Waals surface area contributed by atoms with E-state index in [4.69, 9.17) is 5.73 Å². The summed E-state index contributed by atoms with van der Waals surface area (Å²) in [5.41, 5.74) is 9.18. The number of nitrogens with two attached hydrogens (primary N) is 1. The molecule has 0 saturated carbocycles. The van der Waals surface area contributed by atoms with Gasteiger partial charge < -0.3 is 11.1 Å².